The van der Waals surface area contributed by atoms with Crippen LogP contribution < -0.4 is 0 Å². The van der Waals surface area contributed by atoms with E-state index >= 15 is 0 Å². The van der Waals surface area contributed by atoms with Gasteiger partial charge in [0.1, 0.15) is 18.3 Å². The molecule has 1 saturated carbocycles. The summed E-state index contributed by atoms with van der Waals surface area (Å²) in [5.41, 5.74) is 1.07. The van der Waals surface area contributed by atoms with E-state index in [1.54, 1.807) is 6.92 Å². The predicted molar refractivity (Wildman–Crippen MR) is 78.5 cm³/mol. The van der Waals surface area contributed by atoms with Crippen LogP contribution in [0.2, 0.25) is 0 Å². The summed E-state index contributed by atoms with van der Waals surface area (Å²) in [5.74, 6) is 0.801. The highest BCUT2D eigenvalue weighted by molar-refractivity contribution is 5.02. The Morgan fingerprint density at radius 2 is 1.76 bits per heavy atom. The first-order valence-corrected chi connectivity index (χ1v) is 7.81. The van der Waals surface area contributed by atoms with Crippen molar-refractivity contribution in [3.63, 3.8) is 0 Å². The molecule has 5 heteroatoms. The molecule has 2 aliphatic rings. The summed E-state index contributed by atoms with van der Waals surface area (Å²) in [6.45, 7) is 9.88. The van der Waals surface area contributed by atoms with Gasteiger partial charge in [-0.15, -0.1) is 0 Å². The molecule has 1 heterocycles. The van der Waals surface area contributed by atoms with Crippen molar-refractivity contribution >= 4 is 0 Å². The summed E-state index contributed by atoms with van der Waals surface area (Å²) in [7, 11) is 0. The summed E-state index contributed by atoms with van der Waals surface area (Å²) in [4.78, 5) is 0. The molecule has 0 bridgehead atoms. The molecule has 1 aliphatic heterocycles. The molecule has 1 aliphatic carbocycles. The van der Waals surface area contributed by atoms with Gasteiger partial charge in [-0.3, -0.25) is 0 Å². The highest BCUT2D eigenvalue weighted by Crippen LogP contribution is 2.36. The Morgan fingerprint density at radius 1 is 1.10 bits per heavy atom. The third-order valence-corrected chi connectivity index (χ3v) is 4.80. The van der Waals surface area contributed by atoms with Gasteiger partial charge >= 0.3 is 0 Å². The van der Waals surface area contributed by atoms with Gasteiger partial charge in [0.15, 0.2) is 6.29 Å². The fourth-order valence-corrected chi connectivity index (χ4v) is 3.34. The van der Waals surface area contributed by atoms with E-state index in [9.17, 15) is 15.3 Å². The minimum Gasteiger partial charge on any atom is -0.388 e. The summed E-state index contributed by atoms with van der Waals surface area (Å²) >= 11 is 0. The van der Waals surface area contributed by atoms with E-state index in [1.165, 1.54) is 0 Å². The van der Waals surface area contributed by atoms with Crippen molar-refractivity contribution in [2.45, 2.75) is 76.8 Å². The average molecular weight is 300 g/mol. The largest absolute Gasteiger partial charge is 0.388 e. The van der Waals surface area contributed by atoms with Gasteiger partial charge in [0, 0.05) is 5.92 Å². The first-order chi connectivity index (χ1) is 9.81. The average Bonchev–Trinajstić information content (AvgIpc) is 2.42. The van der Waals surface area contributed by atoms with Crippen molar-refractivity contribution in [1.82, 2.24) is 0 Å². The standard InChI is InChI=1S/C16H28O5/c1-8(2)11-6-5-9(3)7-12(11)21-16-15(19)14(18)13(17)10(4)20-16/h9-19H,1,5-7H2,2-4H3/t9-,10+,11+,12-,13+,14-,15-,16+/m1/s1. The maximum absolute atomic E-state index is 10.1. The Bertz CT molecular complexity index is 372. The lowest BCUT2D eigenvalue weighted by Gasteiger charge is -2.43. The molecular weight excluding hydrogens is 272 g/mol. The molecule has 0 aromatic carbocycles. The fourth-order valence-electron chi connectivity index (χ4n) is 3.34. The molecule has 5 nitrogen and oxygen atoms in total. The van der Waals surface area contributed by atoms with Gasteiger partial charge in [-0.05, 0) is 39.0 Å². The minimum absolute atomic E-state index is 0.0689. The third-order valence-electron chi connectivity index (χ3n) is 4.80. The molecule has 3 N–H and O–H groups in total. The van der Waals surface area contributed by atoms with Gasteiger partial charge in [-0.1, -0.05) is 19.1 Å². The van der Waals surface area contributed by atoms with E-state index in [1.807, 2.05) is 6.92 Å². The number of ether oxygens (including phenoxy) is 2. The van der Waals surface area contributed by atoms with Gasteiger partial charge in [0.25, 0.3) is 0 Å². The Labute approximate surface area is 126 Å². The van der Waals surface area contributed by atoms with E-state index < -0.39 is 30.7 Å². The van der Waals surface area contributed by atoms with Crippen LogP contribution in [0.4, 0.5) is 0 Å². The highest BCUT2D eigenvalue weighted by atomic mass is 16.7. The number of aliphatic hydroxyl groups excluding tert-OH is 3. The van der Waals surface area contributed by atoms with Crippen LogP contribution in [0.5, 0.6) is 0 Å². The van der Waals surface area contributed by atoms with Crippen molar-refractivity contribution in [3.05, 3.63) is 12.2 Å². The first kappa shape index (κ1) is 16.9. The molecule has 0 unspecified atom stereocenters. The molecule has 0 aromatic heterocycles. The Hall–Kier alpha value is -0.460. The van der Waals surface area contributed by atoms with Crippen molar-refractivity contribution in [3.8, 4) is 0 Å². The molecule has 0 spiro atoms. The number of hydrogen-bond acceptors (Lipinski definition) is 5. The van der Waals surface area contributed by atoms with E-state index in [2.05, 4.69) is 13.5 Å². The fraction of sp³-hybridized carbons (Fsp3) is 0.875. The van der Waals surface area contributed by atoms with Crippen LogP contribution in [0.3, 0.4) is 0 Å². The third kappa shape index (κ3) is 3.66. The maximum Gasteiger partial charge on any atom is 0.186 e. The van der Waals surface area contributed by atoms with E-state index in [4.69, 9.17) is 9.47 Å². The van der Waals surface area contributed by atoms with Gasteiger partial charge in [-0.25, -0.2) is 0 Å². The van der Waals surface area contributed by atoms with Crippen LogP contribution >= 0.6 is 0 Å². The van der Waals surface area contributed by atoms with Crippen LogP contribution in [-0.2, 0) is 9.47 Å². The summed E-state index contributed by atoms with van der Waals surface area (Å²) in [6, 6.07) is 0. The summed E-state index contributed by atoms with van der Waals surface area (Å²) in [6.07, 6.45) is -2.08. The number of rotatable bonds is 3. The zero-order valence-corrected chi connectivity index (χ0v) is 13.1. The zero-order valence-electron chi connectivity index (χ0n) is 13.1. The van der Waals surface area contributed by atoms with Gasteiger partial charge in [0.2, 0.25) is 0 Å². The normalized spacial score (nSPS) is 48.1. The monoisotopic (exact) mass is 300 g/mol. The van der Waals surface area contributed by atoms with Gasteiger partial charge in [0.05, 0.1) is 12.2 Å². The zero-order chi connectivity index (χ0) is 15.7. The molecule has 2 fully saturated rings. The molecule has 0 aromatic rings. The molecule has 122 valence electrons. The second kappa shape index (κ2) is 6.75. The van der Waals surface area contributed by atoms with Crippen molar-refractivity contribution in [2.75, 3.05) is 0 Å². The lowest BCUT2D eigenvalue weighted by atomic mass is 9.77. The van der Waals surface area contributed by atoms with Crippen LogP contribution in [0.25, 0.3) is 0 Å². The minimum atomic E-state index is -1.25. The molecule has 0 amide bonds. The molecule has 1 saturated heterocycles. The first-order valence-electron chi connectivity index (χ1n) is 7.81. The van der Waals surface area contributed by atoms with Crippen LogP contribution in [0.15, 0.2) is 12.2 Å². The second-order valence-electron chi connectivity index (χ2n) is 6.73. The van der Waals surface area contributed by atoms with E-state index in [-0.39, 0.29) is 12.0 Å². The summed E-state index contributed by atoms with van der Waals surface area (Å²) < 4.78 is 11.5. The molecule has 21 heavy (non-hydrogen) atoms. The van der Waals surface area contributed by atoms with E-state index in [0.29, 0.717) is 5.92 Å². The van der Waals surface area contributed by atoms with Crippen molar-refractivity contribution in [1.29, 1.82) is 0 Å². The van der Waals surface area contributed by atoms with Gasteiger partial charge in [-0.2, -0.15) is 0 Å². The Kier molecular flexibility index (Phi) is 5.43. The Balaban J connectivity index is 2.05. The topological polar surface area (TPSA) is 79.2 Å². The maximum atomic E-state index is 10.1. The summed E-state index contributed by atoms with van der Waals surface area (Å²) in [5, 5.41) is 29.6. The predicted octanol–water partition coefficient (Wildman–Crippen LogP) is 1.21. The molecule has 8 atom stereocenters. The van der Waals surface area contributed by atoms with Crippen molar-refractivity contribution < 1.29 is 24.8 Å². The second-order valence-corrected chi connectivity index (χ2v) is 6.73. The van der Waals surface area contributed by atoms with Gasteiger partial charge < -0.3 is 24.8 Å². The van der Waals surface area contributed by atoms with E-state index in [0.717, 1.165) is 24.8 Å². The van der Waals surface area contributed by atoms with Crippen LogP contribution in [0, 0.1) is 11.8 Å². The number of hydrogen-bond donors (Lipinski definition) is 3. The van der Waals surface area contributed by atoms with Crippen LogP contribution in [0.1, 0.15) is 40.0 Å². The smallest absolute Gasteiger partial charge is 0.186 e. The highest BCUT2D eigenvalue weighted by Gasteiger charge is 2.44. The van der Waals surface area contributed by atoms with Crippen LogP contribution in [-0.4, -0.2) is 52.1 Å². The quantitative estimate of drug-likeness (QED) is 0.683. The molecular formula is C16H28O5. The Morgan fingerprint density at radius 3 is 2.38 bits per heavy atom. The molecule has 0 radical (unpaired) electrons. The molecule has 2 rings (SSSR count). The van der Waals surface area contributed by atoms with Crippen molar-refractivity contribution in [2.24, 2.45) is 11.8 Å². The SMILES string of the molecule is C=C(C)[C@@H]1CC[C@@H](C)C[C@H]1O[C@@H]1O[C@@H](C)[C@H](O)[C@@H](O)[C@H]1O. The lowest BCUT2D eigenvalue weighted by molar-refractivity contribution is -0.309. The number of aliphatic hydroxyl groups is 3. The lowest BCUT2D eigenvalue weighted by Crippen LogP contribution is -2.58.